The van der Waals surface area contributed by atoms with Crippen molar-refractivity contribution >= 4 is 5.78 Å². The Morgan fingerprint density at radius 3 is 2.67 bits per heavy atom. The van der Waals surface area contributed by atoms with Crippen LogP contribution in [0.3, 0.4) is 0 Å². The number of rotatable bonds is 4. The molecule has 0 N–H and O–H groups in total. The maximum absolute atomic E-state index is 11.3. The standard InChI is InChI=1S/C13H19N3O2/c1-9(17)10-4-6-16(7-5-10)8-12-14-13(18-15-12)11-2-3-11/h10-11H,2-8H2,1H3. The van der Waals surface area contributed by atoms with E-state index < -0.39 is 0 Å². The molecule has 18 heavy (non-hydrogen) atoms. The summed E-state index contributed by atoms with van der Waals surface area (Å²) < 4.78 is 5.25. The smallest absolute Gasteiger partial charge is 0.229 e. The van der Waals surface area contributed by atoms with Gasteiger partial charge in [-0.1, -0.05) is 5.16 Å². The van der Waals surface area contributed by atoms with Crippen molar-refractivity contribution in [3.8, 4) is 0 Å². The maximum Gasteiger partial charge on any atom is 0.229 e. The van der Waals surface area contributed by atoms with Gasteiger partial charge in [0.1, 0.15) is 5.78 Å². The summed E-state index contributed by atoms with van der Waals surface area (Å²) in [5.41, 5.74) is 0. The van der Waals surface area contributed by atoms with E-state index in [0.29, 0.717) is 11.7 Å². The minimum atomic E-state index is 0.258. The van der Waals surface area contributed by atoms with Gasteiger partial charge in [0, 0.05) is 11.8 Å². The number of aromatic nitrogens is 2. The quantitative estimate of drug-likeness (QED) is 0.813. The van der Waals surface area contributed by atoms with Crippen LogP contribution >= 0.6 is 0 Å². The summed E-state index contributed by atoms with van der Waals surface area (Å²) in [5.74, 6) is 2.70. The Bertz CT molecular complexity index is 431. The summed E-state index contributed by atoms with van der Waals surface area (Å²) in [6.07, 6.45) is 4.29. The lowest BCUT2D eigenvalue weighted by atomic mass is 9.93. The second-order valence-electron chi connectivity index (χ2n) is 5.48. The van der Waals surface area contributed by atoms with Crippen molar-refractivity contribution < 1.29 is 9.32 Å². The molecule has 1 aromatic rings. The van der Waals surface area contributed by atoms with Gasteiger partial charge in [-0.05, 0) is 45.7 Å². The molecule has 0 spiro atoms. The van der Waals surface area contributed by atoms with Gasteiger partial charge in [0.25, 0.3) is 0 Å². The highest BCUT2D eigenvalue weighted by Gasteiger charge is 2.30. The molecule has 0 bridgehead atoms. The van der Waals surface area contributed by atoms with Gasteiger partial charge in [-0.25, -0.2) is 0 Å². The van der Waals surface area contributed by atoms with Crippen molar-refractivity contribution in [1.82, 2.24) is 15.0 Å². The van der Waals surface area contributed by atoms with E-state index in [9.17, 15) is 4.79 Å². The summed E-state index contributed by atoms with van der Waals surface area (Å²) in [6, 6.07) is 0. The van der Waals surface area contributed by atoms with E-state index >= 15 is 0 Å². The minimum absolute atomic E-state index is 0.258. The highest BCUT2D eigenvalue weighted by molar-refractivity contribution is 5.78. The Morgan fingerprint density at radius 2 is 2.06 bits per heavy atom. The summed E-state index contributed by atoms with van der Waals surface area (Å²) in [7, 11) is 0. The first-order valence-corrected chi connectivity index (χ1v) is 6.77. The van der Waals surface area contributed by atoms with Gasteiger partial charge in [-0.3, -0.25) is 9.69 Å². The monoisotopic (exact) mass is 249 g/mol. The molecule has 1 aliphatic carbocycles. The summed E-state index contributed by atoms with van der Waals surface area (Å²) in [5, 5.41) is 4.03. The van der Waals surface area contributed by atoms with Gasteiger partial charge in [-0.15, -0.1) is 0 Å². The molecule has 1 aliphatic heterocycles. The number of Topliss-reactive ketones (excluding diaryl/α,β-unsaturated/α-hetero) is 1. The maximum atomic E-state index is 11.3. The molecule has 98 valence electrons. The van der Waals surface area contributed by atoms with E-state index in [4.69, 9.17) is 4.52 Å². The SMILES string of the molecule is CC(=O)C1CCN(Cc2noc(C3CC3)n2)CC1. The van der Waals surface area contributed by atoms with Crippen molar-refractivity contribution in [2.45, 2.75) is 45.1 Å². The van der Waals surface area contributed by atoms with Crippen LogP contribution in [0.5, 0.6) is 0 Å². The minimum Gasteiger partial charge on any atom is -0.339 e. The van der Waals surface area contributed by atoms with Crippen LogP contribution in [0.4, 0.5) is 0 Å². The molecule has 5 nitrogen and oxygen atoms in total. The third kappa shape index (κ3) is 2.61. The van der Waals surface area contributed by atoms with E-state index in [2.05, 4.69) is 15.0 Å². The molecular weight excluding hydrogens is 230 g/mol. The number of ketones is 1. The Morgan fingerprint density at radius 1 is 1.33 bits per heavy atom. The Kier molecular flexibility index (Phi) is 3.16. The molecule has 0 atom stereocenters. The number of nitrogens with zero attached hydrogens (tertiary/aromatic N) is 3. The average molecular weight is 249 g/mol. The van der Waals surface area contributed by atoms with Crippen LogP contribution in [0.15, 0.2) is 4.52 Å². The fourth-order valence-corrected chi connectivity index (χ4v) is 2.53. The van der Waals surface area contributed by atoms with Crippen molar-refractivity contribution in [1.29, 1.82) is 0 Å². The zero-order chi connectivity index (χ0) is 12.5. The van der Waals surface area contributed by atoms with Crippen LogP contribution < -0.4 is 0 Å². The average Bonchev–Trinajstić information content (AvgIpc) is 3.11. The molecular formula is C13H19N3O2. The van der Waals surface area contributed by atoms with Gasteiger partial charge >= 0.3 is 0 Å². The topological polar surface area (TPSA) is 59.2 Å². The molecule has 2 aliphatic rings. The molecule has 1 aromatic heterocycles. The first-order chi connectivity index (χ1) is 8.72. The summed E-state index contributed by atoms with van der Waals surface area (Å²) in [4.78, 5) is 18.0. The second-order valence-corrected chi connectivity index (χ2v) is 5.48. The van der Waals surface area contributed by atoms with Crippen LogP contribution in [0.2, 0.25) is 0 Å². The number of hydrogen-bond acceptors (Lipinski definition) is 5. The zero-order valence-electron chi connectivity index (χ0n) is 10.8. The molecule has 1 saturated carbocycles. The lowest BCUT2D eigenvalue weighted by Crippen LogP contribution is -2.35. The molecule has 2 fully saturated rings. The Hall–Kier alpha value is -1.23. The number of likely N-dealkylation sites (tertiary alicyclic amines) is 1. The zero-order valence-corrected chi connectivity index (χ0v) is 10.8. The number of piperidine rings is 1. The van der Waals surface area contributed by atoms with Crippen molar-refractivity contribution in [3.63, 3.8) is 0 Å². The Labute approximate surface area is 107 Å². The van der Waals surface area contributed by atoms with Gasteiger partial charge in [0.15, 0.2) is 5.82 Å². The molecule has 1 saturated heterocycles. The van der Waals surface area contributed by atoms with Gasteiger partial charge in [-0.2, -0.15) is 4.98 Å². The van der Waals surface area contributed by atoms with E-state index in [1.54, 1.807) is 6.92 Å². The normalized spacial score (nSPS) is 22.3. The van der Waals surface area contributed by atoms with Crippen LogP contribution in [-0.2, 0) is 11.3 Å². The van der Waals surface area contributed by atoms with Crippen LogP contribution in [0.25, 0.3) is 0 Å². The fourth-order valence-electron chi connectivity index (χ4n) is 2.53. The molecule has 0 radical (unpaired) electrons. The predicted molar refractivity (Wildman–Crippen MR) is 65.0 cm³/mol. The van der Waals surface area contributed by atoms with Crippen LogP contribution in [-0.4, -0.2) is 33.9 Å². The molecule has 5 heteroatoms. The summed E-state index contributed by atoms with van der Waals surface area (Å²) in [6.45, 7) is 4.36. The number of hydrogen-bond donors (Lipinski definition) is 0. The largest absolute Gasteiger partial charge is 0.339 e. The fraction of sp³-hybridized carbons (Fsp3) is 0.769. The summed E-state index contributed by atoms with van der Waals surface area (Å²) >= 11 is 0. The van der Waals surface area contributed by atoms with Crippen LogP contribution in [0.1, 0.15) is 50.2 Å². The molecule has 3 rings (SSSR count). The third-order valence-corrected chi connectivity index (χ3v) is 3.94. The van der Waals surface area contributed by atoms with E-state index in [-0.39, 0.29) is 5.92 Å². The van der Waals surface area contributed by atoms with E-state index in [0.717, 1.165) is 44.2 Å². The third-order valence-electron chi connectivity index (χ3n) is 3.94. The van der Waals surface area contributed by atoms with E-state index in [1.807, 2.05) is 0 Å². The number of carbonyl (C=O) groups excluding carboxylic acids is 1. The number of carbonyl (C=O) groups is 1. The van der Waals surface area contributed by atoms with Gasteiger partial charge < -0.3 is 4.52 Å². The molecule has 0 amide bonds. The molecule has 2 heterocycles. The Balaban J connectivity index is 1.52. The predicted octanol–water partition coefficient (Wildman–Crippen LogP) is 1.75. The highest BCUT2D eigenvalue weighted by Crippen LogP contribution is 2.38. The van der Waals surface area contributed by atoms with Crippen molar-refractivity contribution in [3.05, 3.63) is 11.7 Å². The highest BCUT2D eigenvalue weighted by atomic mass is 16.5. The molecule has 0 unspecified atom stereocenters. The second kappa shape index (κ2) is 4.80. The van der Waals surface area contributed by atoms with Gasteiger partial charge in [0.2, 0.25) is 5.89 Å². The molecule has 0 aromatic carbocycles. The van der Waals surface area contributed by atoms with E-state index in [1.165, 1.54) is 12.8 Å². The van der Waals surface area contributed by atoms with Crippen molar-refractivity contribution in [2.75, 3.05) is 13.1 Å². The first kappa shape index (κ1) is 11.8. The first-order valence-electron chi connectivity index (χ1n) is 6.77. The lowest BCUT2D eigenvalue weighted by Gasteiger charge is -2.29. The van der Waals surface area contributed by atoms with Gasteiger partial charge in [0.05, 0.1) is 6.54 Å². The lowest BCUT2D eigenvalue weighted by molar-refractivity contribution is -0.122. The van der Waals surface area contributed by atoms with Crippen LogP contribution in [0, 0.1) is 5.92 Å². The van der Waals surface area contributed by atoms with Crippen molar-refractivity contribution in [2.24, 2.45) is 5.92 Å².